The van der Waals surface area contributed by atoms with Crippen LogP contribution in [0.15, 0.2) is 29.3 Å². The van der Waals surface area contributed by atoms with E-state index in [2.05, 4.69) is 64.1 Å². The minimum Gasteiger partial charge on any atom is -0.380 e. The smallest absolute Gasteiger partial charge is 0.191 e. The average Bonchev–Trinajstić information content (AvgIpc) is 2.94. The first-order valence-corrected chi connectivity index (χ1v) is 9.56. The molecule has 0 atom stereocenters. The summed E-state index contributed by atoms with van der Waals surface area (Å²) in [6.07, 6.45) is 2.11. The highest BCUT2D eigenvalue weighted by Gasteiger charge is 2.06. The molecule has 0 aliphatic rings. The second-order valence-electron chi connectivity index (χ2n) is 6.87. The Morgan fingerprint density at radius 3 is 2.73 bits per heavy atom. The number of hydrogen-bond acceptors (Lipinski definition) is 3. The minimum atomic E-state index is 0.689. The lowest BCUT2D eigenvalue weighted by Crippen LogP contribution is -2.39. The van der Waals surface area contributed by atoms with E-state index in [1.807, 2.05) is 6.07 Å². The molecule has 2 rings (SSSR count). The molecule has 0 spiro atoms. The number of aliphatic imine (C=N–C) groups is 1. The lowest BCUT2D eigenvalue weighted by molar-refractivity contribution is 0.128. The average molecular weight is 360 g/mol. The Balaban J connectivity index is 1.65. The van der Waals surface area contributed by atoms with E-state index >= 15 is 0 Å². The van der Waals surface area contributed by atoms with Gasteiger partial charge < -0.3 is 19.9 Å². The molecule has 1 heterocycles. The summed E-state index contributed by atoms with van der Waals surface area (Å²) in [6.45, 7) is 10.6. The zero-order valence-corrected chi connectivity index (χ0v) is 16.6. The number of benzene rings is 1. The van der Waals surface area contributed by atoms with Crippen LogP contribution in [0.4, 0.5) is 0 Å². The third-order valence-electron chi connectivity index (χ3n) is 4.30. The van der Waals surface area contributed by atoms with E-state index in [0.717, 1.165) is 56.4 Å². The highest BCUT2D eigenvalue weighted by Crippen LogP contribution is 2.15. The molecule has 0 bridgehead atoms. The van der Waals surface area contributed by atoms with Crippen molar-refractivity contribution < 1.29 is 4.74 Å². The number of para-hydroxylation sites is 2. The standard InChI is InChI=1S/C20H33N5O/c1-16(2)10-14-26-15-12-23-20(21-4)22-11-7-13-25-17(3)24-18-8-5-6-9-19(18)25/h5-6,8-9,16H,7,10-15H2,1-4H3,(H2,21,22,23). The van der Waals surface area contributed by atoms with E-state index in [1.54, 1.807) is 7.05 Å². The summed E-state index contributed by atoms with van der Waals surface area (Å²) in [5.41, 5.74) is 2.26. The lowest BCUT2D eigenvalue weighted by atomic mass is 10.1. The summed E-state index contributed by atoms with van der Waals surface area (Å²) in [5.74, 6) is 2.57. The fraction of sp³-hybridized carbons (Fsp3) is 0.600. The highest BCUT2D eigenvalue weighted by molar-refractivity contribution is 5.79. The van der Waals surface area contributed by atoms with Gasteiger partial charge in [0.2, 0.25) is 0 Å². The number of rotatable bonds is 10. The van der Waals surface area contributed by atoms with Gasteiger partial charge in [0.15, 0.2) is 5.96 Å². The van der Waals surface area contributed by atoms with Crippen LogP contribution in [0.5, 0.6) is 0 Å². The Morgan fingerprint density at radius 2 is 1.96 bits per heavy atom. The molecule has 144 valence electrons. The molecule has 2 aromatic rings. The van der Waals surface area contributed by atoms with Crippen molar-refractivity contribution in [3.8, 4) is 0 Å². The normalized spacial score (nSPS) is 12.1. The van der Waals surface area contributed by atoms with Gasteiger partial charge in [0.25, 0.3) is 0 Å². The Kier molecular flexibility index (Phi) is 8.41. The molecule has 6 nitrogen and oxygen atoms in total. The van der Waals surface area contributed by atoms with Crippen molar-refractivity contribution in [2.45, 2.75) is 40.2 Å². The zero-order chi connectivity index (χ0) is 18.8. The Labute approximate surface area is 157 Å². The highest BCUT2D eigenvalue weighted by atomic mass is 16.5. The van der Waals surface area contributed by atoms with Crippen LogP contribution in [0.3, 0.4) is 0 Å². The van der Waals surface area contributed by atoms with Crippen LogP contribution in [0.25, 0.3) is 11.0 Å². The van der Waals surface area contributed by atoms with Crippen molar-refractivity contribution in [1.29, 1.82) is 0 Å². The van der Waals surface area contributed by atoms with E-state index in [-0.39, 0.29) is 0 Å². The van der Waals surface area contributed by atoms with Crippen molar-refractivity contribution in [2.75, 3.05) is 33.4 Å². The van der Waals surface area contributed by atoms with Crippen molar-refractivity contribution in [3.05, 3.63) is 30.1 Å². The van der Waals surface area contributed by atoms with Gasteiger partial charge in [-0.3, -0.25) is 4.99 Å². The molecule has 0 fully saturated rings. The second-order valence-corrected chi connectivity index (χ2v) is 6.87. The van der Waals surface area contributed by atoms with Gasteiger partial charge >= 0.3 is 0 Å². The van der Waals surface area contributed by atoms with Gasteiger partial charge in [0.1, 0.15) is 5.82 Å². The summed E-state index contributed by atoms with van der Waals surface area (Å²) in [5, 5.41) is 6.65. The first-order valence-electron chi connectivity index (χ1n) is 9.56. The van der Waals surface area contributed by atoms with Crippen molar-refractivity contribution in [2.24, 2.45) is 10.9 Å². The van der Waals surface area contributed by atoms with Crippen LogP contribution >= 0.6 is 0 Å². The lowest BCUT2D eigenvalue weighted by Gasteiger charge is -2.13. The largest absolute Gasteiger partial charge is 0.380 e. The summed E-state index contributed by atoms with van der Waals surface area (Å²) in [7, 11) is 1.79. The summed E-state index contributed by atoms with van der Waals surface area (Å²) >= 11 is 0. The monoisotopic (exact) mass is 359 g/mol. The molecular weight excluding hydrogens is 326 g/mol. The van der Waals surface area contributed by atoms with Crippen LogP contribution in [0.2, 0.25) is 0 Å². The third-order valence-corrected chi connectivity index (χ3v) is 4.30. The molecule has 2 N–H and O–H groups in total. The molecule has 0 saturated heterocycles. The molecule has 1 aromatic carbocycles. The number of ether oxygens (including phenoxy) is 1. The number of imidazole rings is 1. The van der Waals surface area contributed by atoms with Gasteiger partial charge in [-0.2, -0.15) is 0 Å². The first-order chi connectivity index (χ1) is 12.6. The number of aromatic nitrogens is 2. The summed E-state index contributed by atoms with van der Waals surface area (Å²) in [4.78, 5) is 8.87. The molecule has 0 aliphatic carbocycles. The maximum Gasteiger partial charge on any atom is 0.191 e. The summed E-state index contributed by atoms with van der Waals surface area (Å²) in [6, 6.07) is 8.28. The fourth-order valence-electron chi connectivity index (χ4n) is 2.81. The number of aryl methyl sites for hydroxylation is 2. The SMILES string of the molecule is CN=C(NCCCn1c(C)nc2ccccc21)NCCOCCC(C)C. The van der Waals surface area contributed by atoms with Gasteiger partial charge in [-0.15, -0.1) is 0 Å². The van der Waals surface area contributed by atoms with E-state index in [4.69, 9.17) is 4.74 Å². The number of nitrogens with one attached hydrogen (secondary N) is 2. The fourth-order valence-corrected chi connectivity index (χ4v) is 2.81. The Hall–Kier alpha value is -2.08. The van der Waals surface area contributed by atoms with Crippen molar-refractivity contribution in [1.82, 2.24) is 20.2 Å². The molecular formula is C20H33N5O. The van der Waals surface area contributed by atoms with E-state index in [1.165, 1.54) is 5.52 Å². The third kappa shape index (κ3) is 6.33. The number of fused-ring (bicyclic) bond motifs is 1. The van der Waals surface area contributed by atoms with Crippen LogP contribution < -0.4 is 10.6 Å². The predicted octanol–water partition coefficient (Wildman–Crippen LogP) is 2.96. The maximum atomic E-state index is 5.61. The number of hydrogen-bond donors (Lipinski definition) is 2. The van der Waals surface area contributed by atoms with E-state index in [9.17, 15) is 0 Å². The Bertz CT molecular complexity index is 693. The Morgan fingerprint density at radius 1 is 1.19 bits per heavy atom. The maximum absolute atomic E-state index is 5.61. The van der Waals surface area contributed by atoms with Gasteiger partial charge in [0.05, 0.1) is 17.6 Å². The summed E-state index contributed by atoms with van der Waals surface area (Å²) < 4.78 is 7.89. The predicted molar refractivity (Wildman–Crippen MR) is 109 cm³/mol. The van der Waals surface area contributed by atoms with Crippen molar-refractivity contribution >= 4 is 17.0 Å². The van der Waals surface area contributed by atoms with E-state index in [0.29, 0.717) is 12.5 Å². The van der Waals surface area contributed by atoms with Crippen molar-refractivity contribution in [3.63, 3.8) is 0 Å². The molecule has 26 heavy (non-hydrogen) atoms. The quantitative estimate of drug-likeness (QED) is 0.389. The van der Waals surface area contributed by atoms with Gasteiger partial charge in [-0.05, 0) is 37.8 Å². The molecule has 0 unspecified atom stereocenters. The molecule has 0 amide bonds. The molecule has 0 radical (unpaired) electrons. The van der Waals surface area contributed by atoms with Crippen LogP contribution in [0, 0.1) is 12.8 Å². The molecule has 0 aliphatic heterocycles. The van der Waals surface area contributed by atoms with E-state index < -0.39 is 0 Å². The van der Waals surface area contributed by atoms with Gasteiger partial charge in [-0.25, -0.2) is 4.98 Å². The second kappa shape index (κ2) is 10.8. The molecule has 0 saturated carbocycles. The van der Waals surface area contributed by atoms with Gasteiger partial charge in [-0.1, -0.05) is 26.0 Å². The minimum absolute atomic E-state index is 0.689. The van der Waals surface area contributed by atoms with Gasteiger partial charge in [0, 0.05) is 33.3 Å². The topological polar surface area (TPSA) is 63.5 Å². The van der Waals surface area contributed by atoms with Crippen LogP contribution in [-0.4, -0.2) is 48.9 Å². The van der Waals surface area contributed by atoms with Crippen LogP contribution in [-0.2, 0) is 11.3 Å². The van der Waals surface area contributed by atoms with Crippen LogP contribution in [0.1, 0.15) is 32.5 Å². The number of guanidine groups is 1. The number of nitrogens with zero attached hydrogens (tertiary/aromatic N) is 3. The zero-order valence-electron chi connectivity index (χ0n) is 16.6. The molecule has 1 aromatic heterocycles. The first kappa shape index (κ1) is 20.2. The molecule has 6 heteroatoms.